The molecule has 1 unspecified atom stereocenters. The number of carbonyl (C=O) groups is 1. The Kier molecular flexibility index (Phi) is 3.64. The van der Waals surface area contributed by atoms with E-state index in [0.717, 1.165) is 24.4 Å². The number of nitrogen functional groups attached to an aromatic ring is 1. The predicted molar refractivity (Wildman–Crippen MR) is 75.4 cm³/mol. The largest absolute Gasteiger partial charge is 0.397 e. The van der Waals surface area contributed by atoms with Crippen molar-refractivity contribution < 1.29 is 9.90 Å². The molecule has 0 aliphatic carbocycles. The van der Waals surface area contributed by atoms with Crippen molar-refractivity contribution in [2.45, 2.75) is 38.7 Å². The fraction of sp³-hybridized carbons (Fsp3) is 0.615. The summed E-state index contributed by atoms with van der Waals surface area (Å²) in [5.41, 5.74) is 5.81. The molecule has 3 N–H and O–H groups in total. The molecule has 5 heteroatoms. The maximum absolute atomic E-state index is 11.7. The van der Waals surface area contributed by atoms with Gasteiger partial charge in [-0.2, -0.15) is 0 Å². The van der Waals surface area contributed by atoms with Gasteiger partial charge in [-0.25, -0.2) is 0 Å². The minimum Gasteiger partial charge on any atom is -0.397 e. The van der Waals surface area contributed by atoms with E-state index >= 15 is 0 Å². The Morgan fingerprint density at radius 3 is 3.00 bits per heavy atom. The highest BCUT2D eigenvalue weighted by Gasteiger charge is 2.29. The first-order valence-corrected chi connectivity index (χ1v) is 7.14. The molecule has 0 radical (unpaired) electrons. The van der Waals surface area contributed by atoms with E-state index in [2.05, 4.69) is 4.90 Å². The Morgan fingerprint density at radius 2 is 2.39 bits per heavy atom. The number of ketones is 1. The second-order valence-corrected chi connectivity index (χ2v) is 6.20. The van der Waals surface area contributed by atoms with Crippen LogP contribution in [0.1, 0.15) is 42.8 Å². The molecule has 1 atom stereocenters. The monoisotopic (exact) mass is 268 g/mol. The van der Waals surface area contributed by atoms with Crippen LogP contribution in [-0.4, -0.2) is 29.6 Å². The van der Waals surface area contributed by atoms with Crippen molar-refractivity contribution in [3.8, 4) is 0 Å². The Morgan fingerprint density at radius 1 is 1.67 bits per heavy atom. The van der Waals surface area contributed by atoms with Crippen LogP contribution in [0, 0.1) is 0 Å². The molecule has 1 saturated heterocycles. The van der Waals surface area contributed by atoms with E-state index in [1.165, 1.54) is 11.3 Å². The first-order valence-electron chi connectivity index (χ1n) is 6.33. The maximum Gasteiger partial charge on any atom is 0.174 e. The molecule has 2 heterocycles. The van der Waals surface area contributed by atoms with Crippen LogP contribution in [0.3, 0.4) is 0 Å². The third-order valence-corrected chi connectivity index (χ3v) is 4.56. The van der Waals surface area contributed by atoms with Crippen LogP contribution >= 0.6 is 11.3 Å². The lowest BCUT2D eigenvalue weighted by Gasteiger charge is -2.37. The summed E-state index contributed by atoms with van der Waals surface area (Å²) in [6.07, 6.45) is 2.26. The number of hydrogen-bond acceptors (Lipinski definition) is 5. The van der Waals surface area contributed by atoms with Crippen LogP contribution in [0.25, 0.3) is 0 Å². The summed E-state index contributed by atoms with van der Waals surface area (Å²) in [5.74, 6) is 0.0903. The zero-order valence-electron chi connectivity index (χ0n) is 10.9. The number of β-amino-alcohol motifs (C(OH)–C–C–N with tert-alkyl or cyclic N) is 1. The Labute approximate surface area is 111 Å². The molecular formula is C13H20N2O2S. The normalized spacial score (nSPS) is 24.3. The number of nitrogens with zero attached hydrogens (tertiary/aromatic N) is 1. The average molecular weight is 268 g/mol. The van der Waals surface area contributed by atoms with Crippen LogP contribution < -0.4 is 10.6 Å². The zero-order chi connectivity index (χ0) is 13.3. The van der Waals surface area contributed by atoms with Crippen LogP contribution in [-0.2, 0) is 0 Å². The minimum absolute atomic E-state index is 0.0903. The number of hydrogen-bond donors (Lipinski definition) is 2. The van der Waals surface area contributed by atoms with Gasteiger partial charge < -0.3 is 15.7 Å². The lowest BCUT2D eigenvalue weighted by Crippen LogP contribution is -2.45. The van der Waals surface area contributed by atoms with Gasteiger partial charge in [-0.15, -0.1) is 11.3 Å². The third-order valence-electron chi connectivity index (χ3n) is 3.31. The molecule has 100 valence electrons. The highest BCUT2D eigenvalue weighted by Crippen LogP contribution is 2.35. The van der Waals surface area contributed by atoms with Crippen molar-refractivity contribution in [3.05, 3.63) is 10.9 Å². The van der Waals surface area contributed by atoms with E-state index in [0.29, 0.717) is 23.5 Å². The van der Waals surface area contributed by atoms with E-state index in [1.54, 1.807) is 0 Å². The maximum atomic E-state index is 11.7. The summed E-state index contributed by atoms with van der Waals surface area (Å²) < 4.78 is 0. The summed E-state index contributed by atoms with van der Waals surface area (Å²) in [4.78, 5) is 14.5. The van der Waals surface area contributed by atoms with E-state index < -0.39 is 5.60 Å². The molecule has 1 aromatic heterocycles. The number of aliphatic hydroxyl groups is 1. The van der Waals surface area contributed by atoms with Gasteiger partial charge in [0.05, 0.1) is 21.2 Å². The first-order chi connectivity index (χ1) is 8.43. The third kappa shape index (κ3) is 2.67. The SMILES string of the molecule is CCC(=O)c1sc(N2CCCC(C)(O)C2)cc1N. The van der Waals surface area contributed by atoms with Gasteiger partial charge in [-0.05, 0) is 25.8 Å². The van der Waals surface area contributed by atoms with Crippen molar-refractivity contribution in [2.24, 2.45) is 0 Å². The van der Waals surface area contributed by atoms with Gasteiger partial charge in [-0.1, -0.05) is 6.92 Å². The second-order valence-electron chi connectivity index (χ2n) is 5.17. The Balaban J connectivity index is 2.21. The number of piperidine rings is 1. The Bertz CT molecular complexity index is 454. The molecule has 0 spiro atoms. The van der Waals surface area contributed by atoms with Crippen molar-refractivity contribution in [3.63, 3.8) is 0 Å². The van der Waals surface area contributed by atoms with Gasteiger partial charge in [0, 0.05) is 19.5 Å². The molecule has 1 aromatic rings. The van der Waals surface area contributed by atoms with E-state index in [4.69, 9.17) is 5.73 Å². The average Bonchev–Trinajstić information content (AvgIpc) is 2.69. The standard InChI is InChI=1S/C13H20N2O2S/c1-3-10(16)12-9(14)7-11(18-12)15-6-4-5-13(2,17)8-15/h7,17H,3-6,8,14H2,1-2H3. The minimum atomic E-state index is -0.647. The molecule has 0 bridgehead atoms. The molecule has 18 heavy (non-hydrogen) atoms. The van der Waals surface area contributed by atoms with Crippen LogP contribution in [0.15, 0.2) is 6.07 Å². The number of thiophene rings is 1. The predicted octanol–water partition coefficient (Wildman–Crippen LogP) is 2.27. The molecule has 4 nitrogen and oxygen atoms in total. The van der Waals surface area contributed by atoms with Crippen molar-refractivity contribution in [2.75, 3.05) is 23.7 Å². The smallest absolute Gasteiger partial charge is 0.174 e. The first kappa shape index (κ1) is 13.4. The lowest BCUT2D eigenvalue weighted by molar-refractivity contribution is 0.0451. The van der Waals surface area contributed by atoms with Crippen molar-refractivity contribution >= 4 is 27.8 Å². The fourth-order valence-electron chi connectivity index (χ4n) is 2.33. The van der Waals surface area contributed by atoms with E-state index in [-0.39, 0.29) is 5.78 Å². The van der Waals surface area contributed by atoms with Gasteiger partial charge in [0.15, 0.2) is 5.78 Å². The van der Waals surface area contributed by atoms with Gasteiger partial charge in [-0.3, -0.25) is 4.79 Å². The van der Waals surface area contributed by atoms with Crippen LogP contribution in [0.5, 0.6) is 0 Å². The van der Waals surface area contributed by atoms with E-state index in [1.807, 2.05) is 19.9 Å². The molecule has 1 fully saturated rings. The van der Waals surface area contributed by atoms with Gasteiger partial charge >= 0.3 is 0 Å². The summed E-state index contributed by atoms with van der Waals surface area (Å²) in [5, 5.41) is 11.1. The quantitative estimate of drug-likeness (QED) is 0.825. The zero-order valence-corrected chi connectivity index (χ0v) is 11.7. The number of anilines is 2. The molecular weight excluding hydrogens is 248 g/mol. The molecule has 0 aromatic carbocycles. The molecule has 1 aliphatic rings. The fourth-order valence-corrected chi connectivity index (χ4v) is 3.45. The second kappa shape index (κ2) is 4.90. The van der Waals surface area contributed by atoms with E-state index in [9.17, 15) is 9.90 Å². The summed E-state index contributed by atoms with van der Waals surface area (Å²) >= 11 is 1.44. The molecule has 2 rings (SSSR count). The highest BCUT2D eigenvalue weighted by molar-refractivity contribution is 7.18. The number of carbonyl (C=O) groups excluding carboxylic acids is 1. The molecule has 1 aliphatic heterocycles. The summed E-state index contributed by atoms with van der Waals surface area (Å²) in [7, 11) is 0. The van der Waals surface area contributed by atoms with Crippen molar-refractivity contribution in [1.29, 1.82) is 0 Å². The van der Waals surface area contributed by atoms with Crippen LogP contribution in [0.2, 0.25) is 0 Å². The molecule has 0 amide bonds. The number of rotatable bonds is 3. The summed E-state index contributed by atoms with van der Waals surface area (Å²) in [6.45, 7) is 5.21. The molecule has 0 saturated carbocycles. The lowest BCUT2D eigenvalue weighted by atomic mass is 9.95. The van der Waals surface area contributed by atoms with Crippen LogP contribution in [0.4, 0.5) is 10.7 Å². The van der Waals surface area contributed by atoms with Gasteiger partial charge in [0.25, 0.3) is 0 Å². The van der Waals surface area contributed by atoms with Gasteiger partial charge in [0.2, 0.25) is 0 Å². The summed E-state index contributed by atoms with van der Waals surface area (Å²) in [6, 6.07) is 1.86. The number of nitrogens with two attached hydrogens (primary N) is 1. The number of Topliss-reactive ketones (excluding diaryl/α,β-unsaturated/α-hetero) is 1. The highest BCUT2D eigenvalue weighted by atomic mass is 32.1. The van der Waals surface area contributed by atoms with Gasteiger partial charge in [0.1, 0.15) is 0 Å². The topological polar surface area (TPSA) is 66.6 Å². The van der Waals surface area contributed by atoms with Crippen molar-refractivity contribution in [1.82, 2.24) is 0 Å². The Hall–Kier alpha value is -1.07.